The average Bonchev–Trinajstić information content (AvgIpc) is 3.38. The fourth-order valence-corrected chi connectivity index (χ4v) is 4.62. The van der Waals surface area contributed by atoms with Crippen LogP contribution in [0.2, 0.25) is 0 Å². The standard InChI is InChI=1S/C22H29NO7S/c1-21(2,3)30-19(24)15-22(25,11-9-20-28-13-14-29-20)17-10-12-23(16-17)31(26,27)18-7-5-4-6-8-18/h4-8,10,12,16,20,25H,9,11,13-15H2,1-3H3. The zero-order valence-corrected chi connectivity index (χ0v) is 18.8. The zero-order valence-electron chi connectivity index (χ0n) is 18.0. The Labute approximate surface area is 182 Å². The summed E-state index contributed by atoms with van der Waals surface area (Å²) in [5.74, 6) is -0.582. The highest BCUT2D eigenvalue weighted by atomic mass is 32.2. The normalized spacial score (nSPS) is 17.4. The summed E-state index contributed by atoms with van der Waals surface area (Å²) >= 11 is 0. The van der Waals surface area contributed by atoms with E-state index in [0.29, 0.717) is 25.2 Å². The Balaban J connectivity index is 1.87. The minimum absolute atomic E-state index is 0.126. The summed E-state index contributed by atoms with van der Waals surface area (Å²) in [5.41, 5.74) is -2.05. The molecule has 9 heteroatoms. The van der Waals surface area contributed by atoms with Gasteiger partial charge in [0.05, 0.1) is 24.5 Å². The van der Waals surface area contributed by atoms with Gasteiger partial charge >= 0.3 is 5.97 Å². The Hall–Kier alpha value is -2.20. The lowest BCUT2D eigenvalue weighted by Crippen LogP contribution is -2.34. The van der Waals surface area contributed by atoms with Crippen molar-refractivity contribution in [1.82, 2.24) is 3.97 Å². The highest BCUT2D eigenvalue weighted by Gasteiger charge is 2.37. The third kappa shape index (κ3) is 5.94. The molecule has 2 heterocycles. The van der Waals surface area contributed by atoms with Crippen LogP contribution in [0.4, 0.5) is 0 Å². The van der Waals surface area contributed by atoms with E-state index >= 15 is 0 Å². The van der Waals surface area contributed by atoms with E-state index in [9.17, 15) is 18.3 Å². The van der Waals surface area contributed by atoms with E-state index in [-0.39, 0.29) is 17.7 Å². The van der Waals surface area contributed by atoms with Gasteiger partial charge in [-0.1, -0.05) is 18.2 Å². The Morgan fingerprint density at radius 3 is 2.42 bits per heavy atom. The third-order valence-corrected chi connectivity index (χ3v) is 6.51. The van der Waals surface area contributed by atoms with Crippen molar-refractivity contribution in [3.05, 3.63) is 54.4 Å². The molecule has 8 nitrogen and oxygen atoms in total. The second-order valence-corrected chi connectivity index (χ2v) is 10.4. The summed E-state index contributed by atoms with van der Waals surface area (Å²) in [4.78, 5) is 12.6. The van der Waals surface area contributed by atoms with Gasteiger partial charge in [0, 0.05) is 24.4 Å². The molecule has 1 aromatic heterocycles. The van der Waals surface area contributed by atoms with Crippen LogP contribution < -0.4 is 0 Å². The predicted molar refractivity (Wildman–Crippen MR) is 113 cm³/mol. The maximum Gasteiger partial charge on any atom is 0.309 e. The van der Waals surface area contributed by atoms with Crippen molar-refractivity contribution in [3.63, 3.8) is 0 Å². The van der Waals surface area contributed by atoms with Gasteiger partial charge in [-0.25, -0.2) is 12.4 Å². The minimum atomic E-state index is -3.83. The van der Waals surface area contributed by atoms with E-state index < -0.39 is 33.5 Å². The Bertz CT molecular complexity index is 988. The van der Waals surface area contributed by atoms with E-state index in [2.05, 4.69) is 0 Å². The quantitative estimate of drug-likeness (QED) is 0.616. The van der Waals surface area contributed by atoms with Crippen LogP contribution in [0, 0.1) is 0 Å². The van der Waals surface area contributed by atoms with E-state index in [1.54, 1.807) is 39.0 Å². The van der Waals surface area contributed by atoms with Gasteiger partial charge in [-0.3, -0.25) is 4.79 Å². The molecule has 1 aliphatic rings. The van der Waals surface area contributed by atoms with E-state index in [0.717, 1.165) is 3.97 Å². The van der Waals surface area contributed by atoms with Crippen LogP contribution in [0.25, 0.3) is 0 Å². The summed E-state index contributed by atoms with van der Waals surface area (Å²) in [7, 11) is -3.83. The highest BCUT2D eigenvalue weighted by molar-refractivity contribution is 7.90. The molecule has 0 amide bonds. The van der Waals surface area contributed by atoms with Gasteiger partial charge in [0.2, 0.25) is 0 Å². The molecule has 170 valence electrons. The number of ether oxygens (including phenoxy) is 3. The lowest BCUT2D eigenvalue weighted by atomic mass is 9.87. The molecule has 2 aromatic rings. The van der Waals surface area contributed by atoms with Crippen LogP contribution in [0.3, 0.4) is 0 Å². The van der Waals surface area contributed by atoms with Crippen molar-refractivity contribution in [1.29, 1.82) is 0 Å². The van der Waals surface area contributed by atoms with Crippen molar-refractivity contribution in [2.45, 2.75) is 62.4 Å². The Morgan fingerprint density at radius 1 is 1.16 bits per heavy atom. The van der Waals surface area contributed by atoms with Gasteiger partial charge in [-0.05, 0) is 45.4 Å². The minimum Gasteiger partial charge on any atom is -0.460 e. The summed E-state index contributed by atoms with van der Waals surface area (Å²) < 4.78 is 43.1. The van der Waals surface area contributed by atoms with Crippen LogP contribution in [0.1, 0.15) is 45.6 Å². The molecule has 1 aliphatic heterocycles. The predicted octanol–water partition coefficient (Wildman–Crippen LogP) is 2.80. The molecule has 31 heavy (non-hydrogen) atoms. The summed E-state index contributed by atoms with van der Waals surface area (Å²) in [6, 6.07) is 9.50. The molecular weight excluding hydrogens is 422 g/mol. The van der Waals surface area contributed by atoms with Crippen LogP contribution in [0.5, 0.6) is 0 Å². The molecule has 0 saturated carbocycles. The van der Waals surface area contributed by atoms with Crippen LogP contribution in [-0.4, -0.2) is 48.6 Å². The van der Waals surface area contributed by atoms with Gasteiger partial charge in [-0.15, -0.1) is 0 Å². The first-order valence-electron chi connectivity index (χ1n) is 10.2. The number of esters is 1. The van der Waals surface area contributed by atoms with Crippen molar-refractivity contribution in [2.75, 3.05) is 13.2 Å². The lowest BCUT2D eigenvalue weighted by molar-refractivity contribution is -0.162. The number of carbonyl (C=O) groups is 1. The molecule has 0 spiro atoms. The molecule has 0 bridgehead atoms. The molecule has 1 N–H and O–H groups in total. The van der Waals surface area contributed by atoms with Crippen molar-refractivity contribution in [3.8, 4) is 0 Å². The first-order valence-corrected chi connectivity index (χ1v) is 11.6. The second-order valence-electron chi connectivity index (χ2n) is 8.55. The average molecular weight is 452 g/mol. The molecule has 0 radical (unpaired) electrons. The van der Waals surface area contributed by atoms with Crippen LogP contribution in [0.15, 0.2) is 53.7 Å². The van der Waals surface area contributed by atoms with E-state index in [1.807, 2.05) is 0 Å². The van der Waals surface area contributed by atoms with Crippen LogP contribution >= 0.6 is 0 Å². The molecule has 3 rings (SSSR count). The van der Waals surface area contributed by atoms with Gasteiger partial charge in [0.1, 0.15) is 11.2 Å². The molecule has 1 atom stereocenters. The summed E-state index contributed by atoms with van der Waals surface area (Å²) in [5, 5.41) is 11.4. The van der Waals surface area contributed by atoms with Gasteiger partial charge in [-0.2, -0.15) is 0 Å². The largest absolute Gasteiger partial charge is 0.460 e. The Morgan fingerprint density at radius 2 is 1.81 bits per heavy atom. The number of carbonyl (C=O) groups excluding carboxylic acids is 1. The number of rotatable bonds is 8. The molecule has 1 saturated heterocycles. The molecular formula is C22H29NO7S. The van der Waals surface area contributed by atoms with Gasteiger partial charge in [0.15, 0.2) is 6.29 Å². The van der Waals surface area contributed by atoms with Crippen LogP contribution in [-0.2, 0) is 34.6 Å². The topological polar surface area (TPSA) is 104 Å². The van der Waals surface area contributed by atoms with E-state index in [1.165, 1.54) is 30.6 Å². The summed E-state index contributed by atoms with van der Waals surface area (Å²) in [6.07, 6.45) is 2.37. The lowest BCUT2D eigenvalue weighted by Gasteiger charge is -2.29. The number of aliphatic hydroxyl groups is 1. The number of aromatic nitrogens is 1. The highest BCUT2D eigenvalue weighted by Crippen LogP contribution is 2.34. The Kier molecular flexibility index (Phi) is 6.90. The number of benzene rings is 1. The zero-order chi connectivity index (χ0) is 22.7. The first kappa shape index (κ1) is 23.5. The number of hydrogen-bond donors (Lipinski definition) is 1. The molecule has 1 unspecified atom stereocenters. The van der Waals surface area contributed by atoms with Gasteiger partial charge < -0.3 is 19.3 Å². The fourth-order valence-electron chi connectivity index (χ4n) is 3.40. The number of nitrogens with zero attached hydrogens (tertiary/aromatic N) is 1. The maximum absolute atomic E-state index is 12.9. The number of hydrogen-bond acceptors (Lipinski definition) is 7. The van der Waals surface area contributed by atoms with Crippen molar-refractivity contribution >= 4 is 16.0 Å². The van der Waals surface area contributed by atoms with Gasteiger partial charge in [0.25, 0.3) is 10.0 Å². The molecule has 1 fully saturated rings. The smallest absolute Gasteiger partial charge is 0.309 e. The maximum atomic E-state index is 12.9. The van der Waals surface area contributed by atoms with Crippen molar-refractivity contribution in [2.24, 2.45) is 0 Å². The monoisotopic (exact) mass is 451 g/mol. The fraction of sp³-hybridized carbons (Fsp3) is 0.500. The first-order chi connectivity index (χ1) is 14.5. The van der Waals surface area contributed by atoms with E-state index in [4.69, 9.17) is 14.2 Å². The molecule has 1 aromatic carbocycles. The second kappa shape index (κ2) is 9.12. The molecule has 0 aliphatic carbocycles. The third-order valence-electron chi connectivity index (χ3n) is 4.86. The van der Waals surface area contributed by atoms with Crippen molar-refractivity contribution < 1.29 is 32.5 Å². The summed E-state index contributed by atoms with van der Waals surface area (Å²) in [6.45, 7) is 6.18. The SMILES string of the molecule is CC(C)(C)OC(=O)CC(O)(CCC1OCCO1)c1ccn(S(=O)(=O)c2ccccc2)c1.